The number of hydrogen-bond donors (Lipinski definition) is 2. The fourth-order valence-corrected chi connectivity index (χ4v) is 4.15. The van der Waals surface area contributed by atoms with Gasteiger partial charge in [0.1, 0.15) is 0 Å². The molecule has 2 fully saturated rings. The molecule has 2 saturated heterocycles. The van der Waals surface area contributed by atoms with Crippen molar-refractivity contribution in [1.82, 2.24) is 20.1 Å². The number of β-amino-alcohol motifs (C(OH)–C–C–N with tert-alkyl or cyclic N) is 1. The summed E-state index contributed by atoms with van der Waals surface area (Å²) in [5.41, 5.74) is -0.159. The molecule has 1 aromatic rings. The van der Waals surface area contributed by atoms with Gasteiger partial charge in [-0.15, -0.1) is 0 Å². The lowest BCUT2D eigenvalue weighted by Crippen LogP contribution is -2.50. The predicted molar refractivity (Wildman–Crippen MR) is 102 cm³/mol. The highest BCUT2D eigenvalue weighted by atomic mass is 16.3. The van der Waals surface area contributed by atoms with Crippen molar-refractivity contribution in [2.45, 2.75) is 50.7 Å². The molecule has 0 aliphatic carbocycles. The van der Waals surface area contributed by atoms with Gasteiger partial charge in [-0.2, -0.15) is 0 Å². The van der Waals surface area contributed by atoms with Crippen molar-refractivity contribution in [2.75, 3.05) is 32.7 Å². The molecule has 0 spiro atoms. The molecular weight excluding hydrogens is 344 g/mol. The van der Waals surface area contributed by atoms with Crippen LogP contribution in [0.4, 0.5) is 0 Å². The second kappa shape index (κ2) is 8.80. The minimum Gasteiger partial charge on any atom is -0.388 e. The first-order valence-corrected chi connectivity index (χ1v) is 9.86. The number of nitrogens with one attached hydrogen (secondary N) is 1. The number of likely N-dealkylation sites (tertiary alicyclic amines) is 2. The zero-order valence-corrected chi connectivity index (χ0v) is 16.1. The van der Waals surface area contributed by atoms with Crippen molar-refractivity contribution in [1.29, 1.82) is 0 Å². The van der Waals surface area contributed by atoms with Gasteiger partial charge >= 0.3 is 0 Å². The molecule has 0 aromatic carbocycles. The molecule has 2 amide bonds. The molecule has 0 radical (unpaired) electrons. The molecule has 3 heterocycles. The summed E-state index contributed by atoms with van der Waals surface area (Å²) >= 11 is 0. The van der Waals surface area contributed by atoms with E-state index in [1.807, 2.05) is 4.90 Å². The van der Waals surface area contributed by atoms with Gasteiger partial charge in [0, 0.05) is 58.1 Å². The lowest BCUT2D eigenvalue weighted by Gasteiger charge is -2.38. The van der Waals surface area contributed by atoms with Gasteiger partial charge in [0.05, 0.1) is 11.2 Å². The monoisotopic (exact) mass is 374 g/mol. The molecule has 7 nitrogen and oxygen atoms in total. The van der Waals surface area contributed by atoms with Gasteiger partial charge in [0.15, 0.2) is 0 Å². The molecule has 1 atom stereocenters. The van der Waals surface area contributed by atoms with Crippen LogP contribution in [-0.4, -0.2) is 76.1 Å². The van der Waals surface area contributed by atoms with Crippen molar-refractivity contribution in [3.8, 4) is 0 Å². The van der Waals surface area contributed by atoms with Crippen molar-refractivity contribution in [3.05, 3.63) is 30.1 Å². The maximum absolute atomic E-state index is 12.6. The average molecular weight is 374 g/mol. The van der Waals surface area contributed by atoms with Crippen LogP contribution >= 0.6 is 0 Å². The molecule has 2 N–H and O–H groups in total. The molecule has 0 bridgehead atoms. The minimum absolute atomic E-state index is 0.0107. The van der Waals surface area contributed by atoms with Gasteiger partial charge in [-0.05, 0) is 44.2 Å². The molecular formula is C20H30N4O3. The van der Waals surface area contributed by atoms with E-state index in [1.54, 1.807) is 31.5 Å². The Kier molecular flexibility index (Phi) is 6.44. The Hall–Kier alpha value is -1.99. The first-order valence-electron chi connectivity index (χ1n) is 9.86. The molecule has 0 saturated carbocycles. The number of nitrogens with zero attached hydrogens (tertiary/aromatic N) is 3. The standard InChI is InChI=1S/C20H30N4O3/c1-16(25)22-18-5-11-23(12-6-18)15-20(27)7-3-10-24(13-8-20)19(26)17-4-2-9-21-14-17/h2,4,9,14,18,27H,3,5-8,10-13,15H2,1H3,(H,22,25)/t20-/m1/s1. The summed E-state index contributed by atoms with van der Waals surface area (Å²) < 4.78 is 0. The summed E-state index contributed by atoms with van der Waals surface area (Å²) in [6.07, 6.45) is 7.18. The maximum Gasteiger partial charge on any atom is 0.255 e. The quantitative estimate of drug-likeness (QED) is 0.822. The number of amides is 2. The highest BCUT2D eigenvalue weighted by Gasteiger charge is 2.34. The van der Waals surface area contributed by atoms with E-state index in [0.29, 0.717) is 38.0 Å². The molecule has 0 unspecified atom stereocenters. The summed E-state index contributed by atoms with van der Waals surface area (Å²) in [5.74, 6) is 0.0118. The van der Waals surface area contributed by atoms with Gasteiger partial charge < -0.3 is 20.2 Å². The van der Waals surface area contributed by atoms with Crippen LogP contribution in [0.2, 0.25) is 0 Å². The molecule has 2 aliphatic rings. The summed E-state index contributed by atoms with van der Waals surface area (Å²) in [4.78, 5) is 32.0. The zero-order valence-electron chi connectivity index (χ0n) is 16.1. The smallest absolute Gasteiger partial charge is 0.255 e. The lowest BCUT2D eigenvalue weighted by atomic mass is 9.93. The van der Waals surface area contributed by atoms with Crippen LogP contribution in [0.1, 0.15) is 49.4 Å². The summed E-state index contributed by atoms with van der Waals surface area (Å²) in [5, 5.41) is 14.1. The van der Waals surface area contributed by atoms with Crippen LogP contribution in [-0.2, 0) is 4.79 Å². The van der Waals surface area contributed by atoms with Gasteiger partial charge in [-0.3, -0.25) is 14.6 Å². The Morgan fingerprint density at radius 3 is 2.70 bits per heavy atom. The van der Waals surface area contributed by atoms with Crippen molar-refractivity contribution >= 4 is 11.8 Å². The van der Waals surface area contributed by atoms with Crippen molar-refractivity contribution in [2.24, 2.45) is 0 Å². The van der Waals surface area contributed by atoms with E-state index < -0.39 is 5.60 Å². The van der Waals surface area contributed by atoms with Crippen LogP contribution in [0, 0.1) is 0 Å². The van der Waals surface area contributed by atoms with Crippen molar-refractivity contribution < 1.29 is 14.7 Å². The van der Waals surface area contributed by atoms with Gasteiger partial charge in [0.25, 0.3) is 5.91 Å². The van der Waals surface area contributed by atoms with E-state index in [4.69, 9.17) is 0 Å². The third-order valence-electron chi connectivity index (χ3n) is 5.63. The van der Waals surface area contributed by atoms with Gasteiger partial charge in [0.2, 0.25) is 5.91 Å². The highest BCUT2D eigenvalue weighted by molar-refractivity contribution is 5.93. The number of hydrogen-bond acceptors (Lipinski definition) is 5. The van der Waals surface area contributed by atoms with Crippen molar-refractivity contribution in [3.63, 3.8) is 0 Å². The average Bonchev–Trinajstić information content (AvgIpc) is 2.85. The van der Waals surface area contributed by atoms with E-state index in [-0.39, 0.29) is 17.9 Å². The van der Waals surface area contributed by atoms with Crippen LogP contribution < -0.4 is 5.32 Å². The van der Waals surface area contributed by atoms with E-state index >= 15 is 0 Å². The van der Waals surface area contributed by atoms with E-state index in [9.17, 15) is 14.7 Å². The second-order valence-corrected chi connectivity index (χ2v) is 7.86. The number of rotatable bonds is 4. The van der Waals surface area contributed by atoms with Gasteiger partial charge in [-0.25, -0.2) is 0 Å². The normalized spacial score (nSPS) is 25.0. The maximum atomic E-state index is 12.6. The molecule has 1 aromatic heterocycles. The third kappa shape index (κ3) is 5.49. The lowest BCUT2D eigenvalue weighted by molar-refractivity contribution is -0.120. The molecule has 27 heavy (non-hydrogen) atoms. The third-order valence-corrected chi connectivity index (χ3v) is 5.63. The molecule has 7 heteroatoms. The van der Waals surface area contributed by atoms with E-state index in [1.165, 1.54) is 0 Å². The van der Waals surface area contributed by atoms with Gasteiger partial charge in [-0.1, -0.05) is 0 Å². The zero-order chi connectivity index (χ0) is 19.3. The SMILES string of the molecule is CC(=O)NC1CCN(C[C@@]2(O)CCCN(C(=O)c3cccnc3)CC2)CC1. The van der Waals surface area contributed by atoms with Crippen LogP contribution in [0.25, 0.3) is 0 Å². The summed E-state index contributed by atoms with van der Waals surface area (Å²) in [6.45, 7) is 5.18. The Bertz CT molecular complexity index is 646. The first kappa shape index (κ1) is 19.8. The van der Waals surface area contributed by atoms with Crippen LogP contribution in [0.5, 0.6) is 0 Å². The number of aromatic nitrogens is 1. The number of carbonyl (C=O) groups excluding carboxylic acids is 2. The predicted octanol–water partition coefficient (Wildman–Crippen LogP) is 1.04. The Labute approximate surface area is 160 Å². The minimum atomic E-state index is -0.759. The molecule has 148 valence electrons. The number of piperidine rings is 1. The second-order valence-electron chi connectivity index (χ2n) is 7.86. The number of carbonyl (C=O) groups is 2. The van der Waals surface area contributed by atoms with E-state index in [2.05, 4.69) is 15.2 Å². The largest absolute Gasteiger partial charge is 0.388 e. The number of pyridine rings is 1. The number of aliphatic hydroxyl groups is 1. The highest BCUT2D eigenvalue weighted by Crippen LogP contribution is 2.26. The summed E-state index contributed by atoms with van der Waals surface area (Å²) in [7, 11) is 0. The Morgan fingerprint density at radius 2 is 2.04 bits per heavy atom. The van der Waals surface area contributed by atoms with E-state index in [0.717, 1.165) is 32.4 Å². The topological polar surface area (TPSA) is 85.8 Å². The Morgan fingerprint density at radius 1 is 1.26 bits per heavy atom. The Balaban J connectivity index is 1.51. The van der Waals surface area contributed by atoms with Crippen LogP contribution in [0.15, 0.2) is 24.5 Å². The molecule has 2 aliphatic heterocycles. The molecule has 3 rings (SSSR count). The fourth-order valence-electron chi connectivity index (χ4n) is 4.15. The fraction of sp³-hybridized carbons (Fsp3) is 0.650. The first-order chi connectivity index (χ1) is 13.0. The summed E-state index contributed by atoms with van der Waals surface area (Å²) in [6, 6.07) is 3.80. The van der Waals surface area contributed by atoms with Crippen LogP contribution in [0.3, 0.4) is 0 Å².